The number of nitrogens with one attached hydrogen (secondary N) is 1. The van der Waals surface area contributed by atoms with E-state index in [0.29, 0.717) is 11.5 Å². The van der Waals surface area contributed by atoms with Gasteiger partial charge in [-0.1, -0.05) is 6.07 Å². The molecule has 25 heavy (non-hydrogen) atoms. The second-order valence-electron chi connectivity index (χ2n) is 6.51. The number of hydrogen-bond acceptors (Lipinski definition) is 3. The van der Waals surface area contributed by atoms with E-state index < -0.39 is 0 Å². The van der Waals surface area contributed by atoms with Crippen LogP contribution >= 0.6 is 0 Å². The maximum absolute atomic E-state index is 12.7. The van der Waals surface area contributed by atoms with Crippen LogP contribution in [0.4, 0.5) is 0 Å². The quantitative estimate of drug-likeness (QED) is 0.778. The number of aromatic nitrogens is 3. The second-order valence-corrected chi connectivity index (χ2v) is 6.51. The molecule has 5 heteroatoms. The summed E-state index contributed by atoms with van der Waals surface area (Å²) in [7, 11) is 0. The van der Waals surface area contributed by atoms with E-state index in [0.717, 1.165) is 29.9 Å². The molecule has 2 heterocycles. The van der Waals surface area contributed by atoms with E-state index in [4.69, 9.17) is 0 Å². The normalized spacial score (nSPS) is 14.9. The van der Waals surface area contributed by atoms with Crippen LogP contribution in [0.2, 0.25) is 0 Å². The van der Waals surface area contributed by atoms with Crippen molar-refractivity contribution in [2.45, 2.75) is 25.8 Å². The molecule has 1 saturated carbocycles. The lowest BCUT2D eigenvalue weighted by Gasteiger charge is -2.18. The Morgan fingerprint density at radius 2 is 2.00 bits per heavy atom. The van der Waals surface area contributed by atoms with Gasteiger partial charge in [-0.2, -0.15) is 0 Å². The first-order chi connectivity index (χ1) is 12.2. The number of imidazole rings is 1. The third-order valence-corrected chi connectivity index (χ3v) is 4.54. The van der Waals surface area contributed by atoms with Gasteiger partial charge in [-0.25, -0.2) is 4.98 Å². The molecule has 1 atom stereocenters. The SMILES string of the molecule is Cc1cccc(C(NC(=O)c2ccc(-n3ccnc3)cc2)C2CC2)n1. The number of nitrogens with zero attached hydrogens (tertiary/aromatic N) is 3. The van der Waals surface area contributed by atoms with E-state index in [9.17, 15) is 4.79 Å². The van der Waals surface area contributed by atoms with Gasteiger partial charge in [0.2, 0.25) is 0 Å². The van der Waals surface area contributed by atoms with E-state index in [1.165, 1.54) is 0 Å². The van der Waals surface area contributed by atoms with Crippen molar-refractivity contribution in [3.8, 4) is 5.69 Å². The summed E-state index contributed by atoms with van der Waals surface area (Å²) in [6.45, 7) is 1.98. The number of amides is 1. The highest BCUT2D eigenvalue weighted by Crippen LogP contribution is 2.40. The van der Waals surface area contributed by atoms with Gasteiger partial charge < -0.3 is 9.88 Å². The minimum Gasteiger partial charge on any atom is -0.343 e. The molecule has 0 aliphatic heterocycles. The van der Waals surface area contributed by atoms with Crippen molar-refractivity contribution >= 4 is 5.91 Å². The van der Waals surface area contributed by atoms with E-state index >= 15 is 0 Å². The lowest BCUT2D eigenvalue weighted by molar-refractivity contribution is 0.0930. The molecule has 1 aromatic carbocycles. The van der Waals surface area contributed by atoms with E-state index in [1.54, 1.807) is 12.5 Å². The Labute approximate surface area is 146 Å². The van der Waals surface area contributed by atoms with Crippen LogP contribution in [0.5, 0.6) is 0 Å². The Morgan fingerprint density at radius 1 is 1.20 bits per heavy atom. The smallest absolute Gasteiger partial charge is 0.251 e. The van der Waals surface area contributed by atoms with Crippen molar-refractivity contribution in [2.24, 2.45) is 5.92 Å². The second kappa shape index (κ2) is 6.51. The zero-order chi connectivity index (χ0) is 17.2. The van der Waals surface area contributed by atoms with Crippen molar-refractivity contribution in [3.05, 3.63) is 78.1 Å². The molecule has 4 rings (SSSR count). The van der Waals surface area contributed by atoms with Gasteiger partial charge in [-0.3, -0.25) is 9.78 Å². The standard InChI is InChI=1S/C20H20N4O/c1-14-3-2-4-18(22-14)19(15-5-6-15)23-20(25)16-7-9-17(10-8-16)24-12-11-21-13-24/h2-4,7-13,15,19H,5-6H2,1H3,(H,23,25). The summed E-state index contributed by atoms with van der Waals surface area (Å²) in [5.74, 6) is 0.431. The Balaban J connectivity index is 1.52. The summed E-state index contributed by atoms with van der Waals surface area (Å²) in [6, 6.07) is 13.5. The minimum atomic E-state index is -0.0580. The molecule has 1 aliphatic rings. The van der Waals surface area contributed by atoms with Gasteiger partial charge in [0.25, 0.3) is 5.91 Å². The summed E-state index contributed by atoms with van der Waals surface area (Å²) in [4.78, 5) is 21.3. The van der Waals surface area contributed by atoms with Crippen LogP contribution in [0.1, 0.15) is 40.6 Å². The van der Waals surface area contributed by atoms with Gasteiger partial charge in [-0.05, 0) is 62.1 Å². The zero-order valence-corrected chi connectivity index (χ0v) is 14.1. The first-order valence-corrected chi connectivity index (χ1v) is 8.53. The van der Waals surface area contributed by atoms with Crippen molar-refractivity contribution in [3.63, 3.8) is 0 Å². The van der Waals surface area contributed by atoms with Crippen molar-refractivity contribution in [2.75, 3.05) is 0 Å². The van der Waals surface area contributed by atoms with E-state index in [2.05, 4.69) is 15.3 Å². The fourth-order valence-electron chi connectivity index (χ4n) is 3.02. The number of carbonyl (C=O) groups excluding carboxylic acids is 1. The van der Waals surface area contributed by atoms with Gasteiger partial charge in [0.05, 0.1) is 18.1 Å². The zero-order valence-electron chi connectivity index (χ0n) is 14.1. The van der Waals surface area contributed by atoms with Crippen LogP contribution in [-0.2, 0) is 0 Å². The summed E-state index contributed by atoms with van der Waals surface area (Å²) in [5, 5.41) is 3.17. The lowest BCUT2D eigenvalue weighted by atomic mass is 10.1. The molecule has 0 radical (unpaired) electrons. The predicted molar refractivity (Wildman–Crippen MR) is 95.5 cm³/mol. The monoisotopic (exact) mass is 332 g/mol. The van der Waals surface area contributed by atoms with Gasteiger partial charge in [-0.15, -0.1) is 0 Å². The topological polar surface area (TPSA) is 59.8 Å². The largest absolute Gasteiger partial charge is 0.343 e. The predicted octanol–water partition coefficient (Wildman–Crippen LogP) is 3.46. The first kappa shape index (κ1) is 15.6. The lowest BCUT2D eigenvalue weighted by Crippen LogP contribution is -2.30. The summed E-state index contributed by atoms with van der Waals surface area (Å²) < 4.78 is 1.91. The maximum atomic E-state index is 12.7. The third-order valence-electron chi connectivity index (χ3n) is 4.54. The highest BCUT2D eigenvalue weighted by molar-refractivity contribution is 5.94. The molecule has 1 aliphatic carbocycles. The third kappa shape index (κ3) is 3.45. The minimum absolute atomic E-state index is 0.0132. The molecule has 0 bridgehead atoms. The summed E-state index contributed by atoms with van der Waals surface area (Å²) >= 11 is 0. The fourth-order valence-corrected chi connectivity index (χ4v) is 3.02. The summed E-state index contributed by atoms with van der Waals surface area (Å²) in [6.07, 6.45) is 7.62. The van der Waals surface area contributed by atoms with Crippen LogP contribution in [0, 0.1) is 12.8 Å². The summed E-state index contributed by atoms with van der Waals surface area (Å²) in [5.41, 5.74) is 3.56. The number of carbonyl (C=O) groups is 1. The molecule has 0 spiro atoms. The van der Waals surface area contributed by atoms with Gasteiger partial charge >= 0.3 is 0 Å². The van der Waals surface area contributed by atoms with Crippen LogP contribution in [-0.4, -0.2) is 20.4 Å². The Kier molecular flexibility index (Phi) is 4.06. The van der Waals surface area contributed by atoms with Gasteiger partial charge in [0, 0.05) is 29.3 Å². The molecular formula is C20H20N4O. The van der Waals surface area contributed by atoms with Crippen molar-refractivity contribution in [1.82, 2.24) is 19.9 Å². The Hall–Kier alpha value is -2.95. The number of aryl methyl sites for hydroxylation is 1. The Morgan fingerprint density at radius 3 is 2.64 bits per heavy atom. The molecule has 1 N–H and O–H groups in total. The van der Waals surface area contributed by atoms with Crippen LogP contribution in [0.15, 0.2) is 61.2 Å². The van der Waals surface area contributed by atoms with Crippen LogP contribution < -0.4 is 5.32 Å². The molecule has 2 aromatic heterocycles. The average Bonchev–Trinajstić information content (AvgIpc) is 3.32. The molecule has 3 aromatic rings. The molecular weight excluding hydrogens is 312 g/mol. The highest BCUT2D eigenvalue weighted by atomic mass is 16.1. The maximum Gasteiger partial charge on any atom is 0.251 e. The fraction of sp³-hybridized carbons (Fsp3) is 0.250. The van der Waals surface area contributed by atoms with Crippen molar-refractivity contribution in [1.29, 1.82) is 0 Å². The molecule has 1 amide bonds. The number of rotatable bonds is 5. The van der Waals surface area contributed by atoms with Crippen LogP contribution in [0.3, 0.4) is 0 Å². The molecule has 126 valence electrons. The van der Waals surface area contributed by atoms with Gasteiger partial charge in [0.1, 0.15) is 0 Å². The van der Waals surface area contributed by atoms with Gasteiger partial charge in [0.15, 0.2) is 0 Å². The molecule has 0 saturated heterocycles. The average molecular weight is 332 g/mol. The van der Waals surface area contributed by atoms with Crippen molar-refractivity contribution < 1.29 is 4.79 Å². The van der Waals surface area contributed by atoms with E-state index in [1.807, 2.05) is 60.2 Å². The molecule has 1 unspecified atom stereocenters. The number of benzene rings is 1. The van der Waals surface area contributed by atoms with Crippen LogP contribution in [0.25, 0.3) is 5.69 Å². The van der Waals surface area contributed by atoms with E-state index in [-0.39, 0.29) is 11.9 Å². The number of hydrogen-bond donors (Lipinski definition) is 1. The molecule has 5 nitrogen and oxygen atoms in total. The molecule has 1 fully saturated rings. The number of pyridine rings is 1. The Bertz CT molecular complexity index is 867. The first-order valence-electron chi connectivity index (χ1n) is 8.53. The highest BCUT2D eigenvalue weighted by Gasteiger charge is 2.34.